The van der Waals surface area contributed by atoms with Gasteiger partial charge < -0.3 is 10.4 Å². The molecule has 4 aromatic rings. The van der Waals surface area contributed by atoms with Gasteiger partial charge >= 0.3 is 5.97 Å². The summed E-state index contributed by atoms with van der Waals surface area (Å²) in [5, 5.41) is 14.8. The topological polar surface area (TPSA) is 62.2 Å². The van der Waals surface area contributed by atoms with E-state index in [1.54, 1.807) is 6.07 Å². The molecule has 4 rings (SSSR count). The van der Waals surface area contributed by atoms with Crippen molar-refractivity contribution in [3.8, 4) is 21.7 Å². The third-order valence-electron chi connectivity index (χ3n) is 5.09. The molecule has 33 heavy (non-hydrogen) atoms. The zero-order valence-corrected chi connectivity index (χ0v) is 21.4. The molecule has 8 heteroatoms. The number of rotatable bonds is 7. The molecule has 2 heterocycles. The van der Waals surface area contributed by atoms with Crippen LogP contribution in [0.2, 0.25) is 10.0 Å². The smallest absolute Gasteiger partial charge is 0.348 e. The van der Waals surface area contributed by atoms with Gasteiger partial charge in [0.05, 0.1) is 21.4 Å². The number of benzene rings is 2. The van der Waals surface area contributed by atoms with Crippen LogP contribution in [-0.4, -0.2) is 16.1 Å². The van der Waals surface area contributed by atoms with E-state index in [2.05, 4.69) is 19.2 Å². The van der Waals surface area contributed by atoms with E-state index in [0.717, 1.165) is 38.6 Å². The van der Waals surface area contributed by atoms with Gasteiger partial charge in [0.1, 0.15) is 4.88 Å². The second-order valence-corrected chi connectivity index (χ2v) is 11.0. The SMILES string of the molecule is Cc1c(-c2ccccc2)sc(C(=O)O)c1Nc1nc(-c2ccc(Cl)c(Cl)c2)c(CC(C)C)s1. The molecule has 4 nitrogen and oxygen atoms in total. The molecule has 2 aromatic heterocycles. The lowest BCUT2D eigenvalue weighted by Crippen LogP contribution is -1.99. The van der Waals surface area contributed by atoms with Crippen molar-refractivity contribution >= 4 is 62.7 Å². The molecule has 0 aliphatic rings. The number of carbonyl (C=O) groups is 1. The van der Waals surface area contributed by atoms with Crippen LogP contribution in [0.5, 0.6) is 0 Å². The fourth-order valence-corrected chi connectivity index (χ4v) is 6.17. The average molecular weight is 518 g/mol. The van der Waals surface area contributed by atoms with Crippen LogP contribution in [0.25, 0.3) is 21.7 Å². The van der Waals surface area contributed by atoms with Gasteiger partial charge in [-0.25, -0.2) is 9.78 Å². The number of halogens is 2. The number of carboxylic acids is 1. The zero-order valence-electron chi connectivity index (χ0n) is 18.3. The number of nitrogens with one attached hydrogen (secondary N) is 1. The molecule has 0 saturated carbocycles. The molecule has 2 N–H and O–H groups in total. The van der Waals surface area contributed by atoms with Gasteiger partial charge in [0, 0.05) is 15.3 Å². The normalized spacial score (nSPS) is 11.2. The highest BCUT2D eigenvalue weighted by atomic mass is 35.5. The van der Waals surface area contributed by atoms with Gasteiger partial charge in [0.2, 0.25) is 0 Å². The summed E-state index contributed by atoms with van der Waals surface area (Å²) in [4.78, 5) is 19.2. The summed E-state index contributed by atoms with van der Waals surface area (Å²) < 4.78 is 0. The minimum Gasteiger partial charge on any atom is -0.477 e. The number of thiophene rings is 1. The number of carboxylic acid groups (broad SMARTS) is 1. The van der Waals surface area contributed by atoms with Crippen molar-refractivity contribution in [3.05, 3.63) is 73.9 Å². The Hall–Kier alpha value is -2.38. The lowest BCUT2D eigenvalue weighted by molar-refractivity contribution is 0.0703. The van der Waals surface area contributed by atoms with Crippen LogP contribution in [-0.2, 0) is 6.42 Å². The quantitative estimate of drug-likeness (QED) is 0.257. The summed E-state index contributed by atoms with van der Waals surface area (Å²) in [6, 6.07) is 15.3. The van der Waals surface area contributed by atoms with E-state index >= 15 is 0 Å². The van der Waals surface area contributed by atoms with Crippen molar-refractivity contribution in [1.82, 2.24) is 4.98 Å². The molecule has 0 aliphatic heterocycles. The second kappa shape index (κ2) is 9.85. The van der Waals surface area contributed by atoms with E-state index in [0.29, 0.717) is 26.8 Å². The van der Waals surface area contributed by atoms with Crippen molar-refractivity contribution in [3.63, 3.8) is 0 Å². The van der Waals surface area contributed by atoms with E-state index in [1.807, 2.05) is 49.4 Å². The maximum atomic E-state index is 12.0. The Bertz CT molecular complexity index is 1310. The lowest BCUT2D eigenvalue weighted by atomic mass is 10.0. The first-order valence-electron chi connectivity index (χ1n) is 10.4. The Balaban J connectivity index is 1.78. The molecule has 0 saturated heterocycles. The number of aromatic nitrogens is 1. The van der Waals surface area contributed by atoms with Gasteiger partial charge in [0.15, 0.2) is 5.13 Å². The van der Waals surface area contributed by atoms with Crippen molar-refractivity contribution in [1.29, 1.82) is 0 Å². The third-order valence-corrected chi connectivity index (χ3v) is 8.15. The van der Waals surface area contributed by atoms with Gasteiger partial charge in [0.25, 0.3) is 0 Å². The summed E-state index contributed by atoms with van der Waals surface area (Å²) in [6.07, 6.45) is 0.846. The molecular formula is C25H22Cl2N2O2S2. The van der Waals surface area contributed by atoms with Crippen LogP contribution in [0, 0.1) is 12.8 Å². The highest BCUT2D eigenvalue weighted by Crippen LogP contribution is 2.43. The van der Waals surface area contributed by atoms with Crippen molar-refractivity contribution in [2.24, 2.45) is 5.92 Å². The average Bonchev–Trinajstić information content (AvgIpc) is 3.31. The monoisotopic (exact) mass is 516 g/mol. The summed E-state index contributed by atoms with van der Waals surface area (Å²) in [6.45, 7) is 6.25. The molecule has 0 radical (unpaired) electrons. The Labute approximate surface area is 210 Å². The van der Waals surface area contributed by atoms with Crippen LogP contribution in [0.1, 0.15) is 34.0 Å². The van der Waals surface area contributed by atoms with Crippen molar-refractivity contribution < 1.29 is 9.90 Å². The maximum Gasteiger partial charge on any atom is 0.348 e. The first-order chi connectivity index (χ1) is 15.7. The van der Waals surface area contributed by atoms with Gasteiger partial charge in [-0.15, -0.1) is 22.7 Å². The van der Waals surface area contributed by atoms with Crippen molar-refractivity contribution in [2.75, 3.05) is 5.32 Å². The highest BCUT2D eigenvalue weighted by molar-refractivity contribution is 7.18. The van der Waals surface area contributed by atoms with Crippen LogP contribution < -0.4 is 5.32 Å². The fourth-order valence-electron chi connectivity index (χ4n) is 3.57. The molecule has 0 bridgehead atoms. The fraction of sp³-hybridized carbons (Fsp3) is 0.200. The van der Waals surface area contributed by atoms with E-state index in [4.69, 9.17) is 28.2 Å². The zero-order chi connectivity index (χ0) is 23.7. The largest absolute Gasteiger partial charge is 0.477 e. The summed E-state index contributed by atoms with van der Waals surface area (Å²) >= 11 is 15.2. The molecule has 0 amide bonds. The number of nitrogens with zero attached hydrogens (tertiary/aromatic N) is 1. The highest BCUT2D eigenvalue weighted by Gasteiger charge is 2.23. The summed E-state index contributed by atoms with van der Waals surface area (Å²) in [5.41, 5.74) is 4.18. The number of hydrogen-bond donors (Lipinski definition) is 2. The minimum atomic E-state index is -0.962. The van der Waals surface area contributed by atoms with Gasteiger partial charge in [-0.05, 0) is 42.5 Å². The lowest BCUT2D eigenvalue weighted by Gasteiger charge is -2.06. The summed E-state index contributed by atoms with van der Waals surface area (Å²) in [5.74, 6) is -0.529. The van der Waals surface area contributed by atoms with Gasteiger partial charge in [-0.2, -0.15) is 0 Å². The molecule has 0 atom stereocenters. The standard InChI is InChI=1S/C25H22Cl2N2O2S2/c1-13(2)11-19-21(16-9-10-17(26)18(27)12-16)29-25(32-19)28-20-14(3)22(33-23(20)24(30)31)15-7-5-4-6-8-15/h4-10,12-13H,11H2,1-3H3,(H,28,29)(H,30,31). The molecular weight excluding hydrogens is 495 g/mol. The molecule has 0 aliphatic carbocycles. The van der Waals surface area contributed by atoms with Crippen LogP contribution >= 0.6 is 45.9 Å². The first kappa shape index (κ1) is 23.8. The number of hydrogen-bond acceptors (Lipinski definition) is 5. The number of thiazole rings is 1. The van der Waals surface area contributed by atoms with Crippen LogP contribution in [0.15, 0.2) is 48.5 Å². The van der Waals surface area contributed by atoms with Crippen molar-refractivity contribution in [2.45, 2.75) is 27.2 Å². The predicted molar refractivity (Wildman–Crippen MR) is 141 cm³/mol. The molecule has 2 aromatic carbocycles. The van der Waals surface area contributed by atoms with Gasteiger partial charge in [-0.1, -0.05) is 73.4 Å². The summed E-state index contributed by atoms with van der Waals surface area (Å²) in [7, 11) is 0. The third kappa shape index (κ3) is 5.09. The predicted octanol–water partition coefficient (Wildman–Crippen LogP) is 8.79. The van der Waals surface area contributed by atoms with Gasteiger partial charge in [-0.3, -0.25) is 0 Å². The molecule has 0 fully saturated rings. The minimum absolute atomic E-state index is 0.267. The van der Waals surface area contributed by atoms with E-state index in [-0.39, 0.29) is 4.88 Å². The molecule has 0 unspecified atom stereocenters. The van der Waals surface area contributed by atoms with Crippen LogP contribution in [0.3, 0.4) is 0 Å². The van der Waals surface area contributed by atoms with Crippen LogP contribution in [0.4, 0.5) is 10.8 Å². The van der Waals surface area contributed by atoms with E-state index < -0.39 is 5.97 Å². The Morgan fingerprint density at radius 3 is 2.42 bits per heavy atom. The Kier molecular flexibility index (Phi) is 7.10. The first-order valence-corrected chi connectivity index (χ1v) is 12.8. The second-order valence-electron chi connectivity index (χ2n) is 8.07. The maximum absolute atomic E-state index is 12.0. The van der Waals surface area contributed by atoms with E-state index in [9.17, 15) is 9.90 Å². The molecule has 0 spiro atoms. The number of aromatic carboxylic acids is 1. The Morgan fingerprint density at radius 1 is 1.06 bits per heavy atom. The number of anilines is 2. The Morgan fingerprint density at radius 2 is 1.79 bits per heavy atom. The molecule has 170 valence electrons. The van der Waals surface area contributed by atoms with E-state index in [1.165, 1.54) is 22.7 Å².